The first-order valence-corrected chi connectivity index (χ1v) is 12.2. The molecule has 3 rings (SSSR count). The minimum absolute atomic E-state index is 0.0368. The SMILES string of the molecule is COc1cc(N2CCN(C(=O)OC(C)(C)C)CC2)ccc1Nc1nc(SC)nc(NN)c1C(N)=O. The summed E-state index contributed by atoms with van der Waals surface area (Å²) < 4.78 is 11.1. The standard InChI is InChI=1S/C22H32N8O4S/c1-22(2,3)34-21(32)30-10-8-29(9-11-30)13-6-7-14(15(12-13)33-4)25-18-16(17(23)31)19(28-24)27-20(26-18)35-5/h6-7,12H,8-11,24H2,1-5H3,(H2,23,31)(H2,25,26,27,28). The van der Waals surface area contributed by atoms with Gasteiger partial charge in [-0.1, -0.05) is 11.8 Å². The van der Waals surface area contributed by atoms with E-state index in [1.54, 1.807) is 18.3 Å². The van der Waals surface area contributed by atoms with E-state index < -0.39 is 11.5 Å². The Balaban J connectivity index is 1.79. The van der Waals surface area contributed by atoms with E-state index in [0.29, 0.717) is 42.8 Å². The molecule has 0 saturated carbocycles. The Morgan fingerprint density at radius 1 is 1.11 bits per heavy atom. The monoisotopic (exact) mass is 504 g/mol. The molecule has 0 aliphatic carbocycles. The van der Waals surface area contributed by atoms with E-state index in [1.807, 2.05) is 39.0 Å². The fourth-order valence-corrected chi connectivity index (χ4v) is 3.91. The van der Waals surface area contributed by atoms with Crippen molar-refractivity contribution in [3.8, 4) is 5.75 Å². The third-order valence-electron chi connectivity index (χ3n) is 5.19. The molecule has 1 aliphatic rings. The zero-order valence-electron chi connectivity index (χ0n) is 20.5. The highest BCUT2D eigenvalue weighted by molar-refractivity contribution is 7.98. The molecule has 0 spiro atoms. The number of anilines is 4. The number of nitrogen functional groups attached to an aromatic ring is 1. The molecule has 2 heterocycles. The maximum atomic E-state index is 12.3. The maximum Gasteiger partial charge on any atom is 0.410 e. The van der Waals surface area contributed by atoms with Crippen LogP contribution >= 0.6 is 11.8 Å². The third kappa shape index (κ3) is 6.36. The number of carbonyl (C=O) groups excluding carboxylic acids is 2. The van der Waals surface area contributed by atoms with Crippen LogP contribution in [0.4, 0.5) is 27.8 Å². The number of benzene rings is 1. The molecule has 1 aliphatic heterocycles. The quantitative estimate of drug-likeness (QED) is 0.190. The van der Waals surface area contributed by atoms with E-state index in [2.05, 4.69) is 25.6 Å². The average Bonchev–Trinajstić information content (AvgIpc) is 2.82. The smallest absolute Gasteiger partial charge is 0.410 e. The Bertz CT molecular complexity index is 1080. The van der Waals surface area contributed by atoms with Crippen LogP contribution in [0.2, 0.25) is 0 Å². The van der Waals surface area contributed by atoms with Gasteiger partial charge in [-0.05, 0) is 39.2 Å². The molecule has 6 N–H and O–H groups in total. The number of hydrogen-bond donors (Lipinski definition) is 4. The summed E-state index contributed by atoms with van der Waals surface area (Å²) in [6, 6.07) is 5.64. The Morgan fingerprint density at radius 3 is 2.31 bits per heavy atom. The number of carbonyl (C=O) groups is 2. The van der Waals surface area contributed by atoms with Gasteiger partial charge < -0.3 is 35.7 Å². The number of rotatable bonds is 7. The number of nitrogens with two attached hydrogens (primary N) is 2. The molecule has 0 unspecified atom stereocenters. The number of nitrogens with zero attached hydrogens (tertiary/aromatic N) is 4. The molecule has 0 radical (unpaired) electrons. The third-order valence-corrected chi connectivity index (χ3v) is 5.74. The van der Waals surface area contributed by atoms with Gasteiger partial charge in [0.2, 0.25) is 0 Å². The number of ether oxygens (including phenoxy) is 2. The van der Waals surface area contributed by atoms with Crippen molar-refractivity contribution in [3.05, 3.63) is 23.8 Å². The van der Waals surface area contributed by atoms with Crippen molar-refractivity contribution in [1.29, 1.82) is 0 Å². The van der Waals surface area contributed by atoms with Crippen LogP contribution in [0.25, 0.3) is 0 Å². The van der Waals surface area contributed by atoms with Gasteiger partial charge in [0.05, 0.1) is 12.8 Å². The number of piperazine rings is 1. The molecule has 2 amide bonds. The maximum absolute atomic E-state index is 12.3. The molecular weight excluding hydrogens is 472 g/mol. The zero-order chi connectivity index (χ0) is 25.8. The van der Waals surface area contributed by atoms with E-state index in [1.165, 1.54) is 11.8 Å². The molecule has 1 aromatic heterocycles. The minimum Gasteiger partial charge on any atom is -0.494 e. The summed E-state index contributed by atoms with van der Waals surface area (Å²) in [6.07, 6.45) is 1.50. The van der Waals surface area contributed by atoms with Crippen molar-refractivity contribution in [1.82, 2.24) is 14.9 Å². The number of methoxy groups -OCH3 is 1. The zero-order valence-corrected chi connectivity index (χ0v) is 21.4. The van der Waals surface area contributed by atoms with Gasteiger partial charge in [0.25, 0.3) is 5.91 Å². The predicted molar refractivity (Wildman–Crippen MR) is 136 cm³/mol. The van der Waals surface area contributed by atoms with Crippen LogP contribution in [0.15, 0.2) is 23.4 Å². The van der Waals surface area contributed by atoms with Crippen LogP contribution in [0.5, 0.6) is 5.75 Å². The molecule has 1 fully saturated rings. The number of hydrogen-bond acceptors (Lipinski definition) is 11. The van der Waals surface area contributed by atoms with Crippen molar-refractivity contribution in [3.63, 3.8) is 0 Å². The molecule has 35 heavy (non-hydrogen) atoms. The molecule has 1 saturated heterocycles. The summed E-state index contributed by atoms with van der Waals surface area (Å²) >= 11 is 1.29. The number of hydrazine groups is 1. The topological polar surface area (TPSA) is 161 Å². The van der Waals surface area contributed by atoms with Crippen LogP contribution in [0.3, 0.4) is 0 Å². The van der Waals surface area contributed by atoms with Crippen LogP contribution in [-0.4, -0.2) is 72.0 Å². The molecule has 13 heteroatoms. The number of nitrogens with one attached hydrogen (secondary N) is 2. The largest absolute Gasteiger partial charge is 0.494 e. The normalized spacial score (nSPS) is 13.9. The number of amides is 2. The van der Waals surface area contributed by atoms with Gasteiger partial charge in [0, 0.05) is 37.9 Å². The second-order valence-corrected chi connectivity index (χ2v) is 9.53. The molecule has 190 valence electrons. The summed E-state index contributed by atoms with van der Waals surface area (Å²) in [5, 5.41) is 3.53. The summed E-state index contributed by atoms with van der Waals surface area (Å²) in [6.45, 7) is 7.95. The molecule has 0 atom stereocenters. The van der Waals surface area contributed by atoms with Gasteiger partial charge in [0.1, 0.15) is 22.7 Å². The first-order valence-electron chi connectivity index (χ1n) is 11.0. The molecule has 0 bridgehead atoms. The Labute approximate surface area is 208 Å². The van der Waals surface area contributed by atoms with Crippen LogP contribution in [0, 0.1) is 0 Å². The van der Waals surface area contributed by atoms with Gasteiger partial charge >= 0.3 is 6.09 Å². The lowest BCUT2D eigenvalue weighted by molar-refractivity contribution is 0.0240. The van der Waals surface area contributed by atoms with Gasteiger partial charge in [-0.25, -0.2) is 20.6 Å². The predicted octanol–water partition coefficient (Wildman–Crippen LogP) is 2.39. The van der Waals surface area contributed by atoms with E-state index in [-0.39, 0.29) is 23.3 Å². The first kappa shape index (κ1) is 26.2. The second-order valence-electron chi connectivity index (χ2n) is 8.76. The lowest BCUT2D eigenvalue weighted by atomic mass is 10.2. The lowest BCUT2D eigenvalue weighted by Gasteiger charge is -2.37. The van der Waals surface area contributed by atoms with Crippen molar-refractivity contribution in [2.45, 2.75) is 31.5 Å². The fraction of sp³-hybridized carbons (Fsp3) is 0.455. The fourth-order valence-electron chi connectivity index (χ4n) is 3.54. The number of aromatic nitrogens is 2. The Kier molecular flexibility index (Phi) is 8.12. The van der Waals surface area contributed by atoms with Gasteiger partial charge in [-0.3, -0.25) is 4.79 Å². The number of thioether (sulfide) groups is 1. The van der Waals surface area contributed by atoms with E-state index in [4.69, 9.17) is 21.1 Å². The van der Waals surface area contributed by atoms with Crippen molar-refractivity contribution >= 4 is 46.8 Å². The summed E-state index contributed by atoms with van der Waals surface area (Å²) in [5.41, 5.74) is 8.99. The van der Waals surface area contributed by atoms with Crippen LogP contribution < -0.4 is 32.0 Å². The highest BCUT2D eigenvalue weighted by Gasteiger charge is 2.26. The van der Waals surface area contributed by atoms with Crippen LogP contribution in [-0.2, 0) is 4.74 Å². The average molecular weight is 505 g/mol. The second kappa shape index (κ2) is 10.9. The summed E-state index contributed by atoms with van der Waals surface area (Å²) in [4.78, 5) is 36.9. The van der Waals surface area contributed by atoms with Gasteiger partial charge in [-0.2, -0.15) is 0 Å². The van der Waals surface area contributed by atoms with Crippen LogP contribution in [0.1, 0.15) is 31.1 Å². The van der Waals surface area contributed by atoms with Crippen molar-refractivity contribution in [2.24, 2.45) is 11.6 Å². The van der Waals surface area contributed by atoms with Gasteiger partial charge in [-0.15, -0.1) is 0 Å². The number of primary amides is 1. The summed E-state index contributed by atoms with van der Waals surface area (Å²) in [5.74, 6) is 5.69. The Morgan fingerprint density at radius 2 is 1.77 bits per heavy atom. The first-order chi connectivity index (χ1) is 16.6. The molecule has 12 nitrogen and oxygen atoms in total. The molecule has 2 aromatic rings. The van der Waals surface area contributed by atoms with Crippen molar-refractivity contribution < 1.29 is 19.1 Å². The van der Waals surface area contributed by atoms with E-state index >= 15 is 0 Å². The summed E-state index contributed by atoms with van der Waals surface area (Å²) in [7, 11) is 1.56. The lowest BCUT2D eigenvalue weighted by Crippen LogP contribution is -2.50. The minimum atomic E-state index is -0.730. The molecular formula is C22H32N8O4S. The van der Waals surface area contributed by atoms with Gasteiger partial charge in [0.15, 0.2) is 11.0 Å². The van der Waals surface area contributed by atoms with E-state index in [9.17, 15) is 9.59 Å². The Hall–Kier alpha value is -3.45. The highest BCUT2D eigenvalue weighted by Crippen LogP contribution is 2.34. The highest BCUT2D eigenvalue weighted by atomic mass is 32.2. The van der Waals surface area contributed by atoms with Crippen molar-refractivity contribution in [2.75, 3.05) is 55.2 Å². The molecule has 1 aromatic carbocycles. The van der Waals surface area contributed by atoms with E-state index in [0.717, 1.165) is 5.69 Å².